The Kier molecular flexibility index (Phi) is 5.51. The minimum Gasteiger partial charge on any atom is -0.489 e. The highest BCUT2D eigenvalue weighted by Gasteiger charge is 2.10. The average Bonchev–Trinajstić information content (AvgIpc) is 3.11. The summed E-state index contributed by atoms with van der Waals surface area (Å²) in [6, 6.07) is 17.8. The number of hydrogen-bond acceptors (Lipinski definition) is 3. The molecule has 0 radical (unpaired) electrons. The molecule has 0 unspecified atom stereocenters. The van der Waals surface area contributed by atoms with Gasteiger partial charge >= 0.3 is 0 Å². The van der Waals surface area contributed by atoms with Crippen LogP contribution < -0.4 is 10.1 Å². The molecule has 1 amide bonds. The second kappa shape index (κ2) is 7.99. The topological polar surface area (TPSA) is 38.3 Å². The normalized spacial score (nSPS) is 10.5. The number of aryl methyl sites for hydroxylation is 2. The van der Waals surface area contributed by atoms with Gasteiger partial charge in [-0.05, 0) is 54.6 Å². The molecule has 0 aliphatic carbocycles. The molecule has 1 N–H and O–H groups in total. The van der Waals surface area contributed by atoms with Gasteiger partial charge in [-0.25, -0.2) is 0 Å². The molecular formula is C21H21NO2S. The summed E-state index contributed by atoms with van der Waals surface area (Å²) < 4.78 is 5.76. The van der Waals surface area contributed by atoms with Gasteiger partial charge in [0.1, 0.15) is 12.4 Å². The molecule has 0 aliphatic heterocycles. The van der Waals surface area contributed by atoms with E-state index in [4.69, 9.17) is 4.74 Å². The largest absolute Gasteiger partial charge is 0.489 e. The van der Waals surface area contributed by atoms with Crippen molar-refractivity contribution in [3.63, 3.8) is 0 Å². The SMILES string of the molecule is CCc1ccc(NC(=O)c2cc(COc3ccc(C)cc3)cs2)cc1. The summed E-state index contributed by atoms with van der Waals surface area (Å²) in [5.74, 6) is 0.745. The van der Waals surface area contributed by atoms with Crippen molar-refractivity contribution < 1.29 is 9.53 Å². The molecular weight excluding hydrogens is 330 g/mol. The van der Waals surface area contributed by atoms with E-state index in [1.807, 2.05) is 66.9 Å². The van der Waals surface area contributed by atoms with Crippen molar-refractivity contribution in [1.29, 1.82) is 0 Å². The third-order valence-corrected chi connectivity index (χ3v) is 4.90. The van der Waals surface area contributed by atoms with E-state index < -0.39 is 0 Å². The summed E-state index contributed by atoms with van der Waals surface area (Å²) in [5, 5.41) is 4.90. The number of anilines is 1. The zero-order valence-electron chi connectivity index (χ0n) is 14.4. The van der Waals surface area contributed by atoms with Crippen LogP contribution in [0.3, 0.4) is 0 Å². The fraction of sp³-hybridized carbons (Fsp3) is 0.190. The number of benzene rings is 2. The van der Waals surface area contributed by atoms with Crippen molar-refractivity contribution in [2.75, 3.05) is 5.32 Å². The molecule has 0 saturated carbocycles. The number of carbonyl (C=O) groups is 1. The molecule has 0 saturated heterocycles. The summed E-state index contributed by atoms with van der Waals surface area (Å²) in [6.45, 7) is 4.61. The smallest absolute Gasteiger partial charge is 0.265 e. The molecule has 3 rings (SSSR count). The Morgan fingerprint density at radius 1 is 1.04 bits per heavy atom. The lowest BCUT2D eigenvalue weighted by Gasteiger charge is -2.05. The van der Waals surface area contributed by atoms with E-state index in [1.165, 1.54) is 22.5 Å². The maximum Gasteiger partial charge on any atom is 0.265 e. The highest BCUT2D eigenvalue weighted by molar-refractivity contribution is 7.12. The molecule has 3 aromatic rings. The van der Waals surface area contributed by atoms with Crippen LogP contribution >= 0.6 is 11.3 Å². The first-order valence-electron chi connectivity index (χ1n) is 8.31. The van der Waals surface area contributed by atoms with Crippen LogP contribution in [0.25, 0.3) is 0 Å². The van der Waals surface area contributed by atoms with Crippen LogP contribution in [0.4, 0.5) is 5.69 Å². The van der Waals surface area contributed by atoms with Crippen molar-refractivity contribution in [2.24, 2.45) is 0 Å². The predicted octanol–water partition coefficient (Wildman–Crippen LogP) is 5.45. The molecule has 1 aromatic heterocycles. The van der Waals surface area contributed by atoms with E-state index in [0.29, 0.717) is 11.5 Å². The van der Waals surface area contributed by atoms with Crippen LogP contribution in [0.2, 0.25) is 0 Å². The molecule has 0 aliphatic rings. The zero-order valence-corrected chi connectivity index (χ0v) is 15.2. The monoisotopic (exact) mass is 351 g/mol. The van der Waals surface area contributed by atoms with Gasteiger partial charge < -0.3 is 10.1 Å². The minimum atomic E-state index is -0.0872. The molecule has 128 valence electrons. The first-order valence-corrected chi connectivity index (χ1v) is 9.19. The standard InChI is InChI=1S/C21H21NO2S/c1-3-16-6-8-18(9-7-16)22-21(23)20-12-17(14-25-20)13-24-19-10-4-15(2)5-11-19/h4-12,14H,3,13H2,1-2H3,(H,22,23). The zero-order chi connectivity index (χ0) is 17.6. The molecule has 2 aromatic carbocycles. The summed E-state index contributed by atoms with van der Waals surface area (Å²) >= 11 is 1.43. The van der Waals surface area contributed by atoms with Gasteiger partial charge in [0, 0.05) is 11.3 Å². The van der Waals surface area contributed by atoms with Crippen molar-refractivity contribution in [1.82, 2.24) is 0 Å². The van der Waals surface area contributed by atoms with E-state index in [-0.39, 0.29) is 5.91 Å². The van der Waals surface area contributed by atoms with Crippen molar-refractivity contribution >= 4 is 22.9 Å². The highest BCUT2D eigenvalue weighted by atomic mass is 32.1. The summed E-state index contributed by atoms with van der Waals surface area (Å²) in [5.41, 5.74) is 4.27. The van der Waals surface area contributed by atoms with Gasteiger partial charge in [-0.1, -0.05) is 36.8 Å². The Bertz CT molecular complexity index is 835. The Morgan fingerprint density at radius 2 is 1.76 bits per heavy atom. The van der Waals surface area contributed by atoms with Crippen LogP contribution in [0, 0.1) is 6.92 Å². The number of nitrogens with one attached hydrogen (secondary N) is 1. The van der Waals surface area contributed by atoms with Crippen LogP contribution in [-0.2, 0) is 13.0 Å². The lowest BCUT2D eigenvalue weighted by molar-refractivity contribution is 0.103. The van der Waals surface area contributed by atoms with Crippen LogP contribution in [0.1, 0.15) is 33.3 Å². The third-order valence-electron chi connectivity index (χ3n) is 3.92. The molecule has 0 spiro atoms. The maximum atomic E-state index is 12.4. The van der Waals surface area contributed by atoms with Crippen molar-refractivity contribution in [3.05, 3.63) is 81.5 Å². The number of ether oxygens (including phenoxy) is 1. The second-order valence-electron chi connectivity index (χ2n) is 5.93. The number of rotatable bonds is 6. The third kappa shape index (κ3) is 4.70. The molecule has 1 heterocycles. The Labute approximate surface area is 152 Å². The predicted molar refractivity (Wildman–Crippen MR) is 104 cm³/mol. The van der Waals surface area contributed by atoms with Gasteiger partial charge in [-0.2, -0.15) is 0 Å². The maximum absolute atomic E-state index is 12.4. The van der Waals surface area contributed by atoms with E-state index in [9.17, 15) is 4.79 Å². The molecule has 0 fully saturated rings. The summed E-state index contributed by atoms with van der Waals surface area (Å²) in [7, 11) is 0. The van der Waals surface area contributed by atoms with Gasteiger partial charge in [0.05, 0.1) is 4.88 Å². The first-order chi connectivity index (χ1) is 12.1. The average molecular weight is 351 g/mol. The van der Waals surface area contributed by atoms with Crippen LogP contribution in [-0.4, -0.2) is 5.91 Å². The Morgan fingerprint density at radius 3 is 2.44 bits per heavy atom. The Balaban J connectivity index is 1.58. The quantitative estimate of drug-likeness (QED) is 0.641. The fourth-order valence-electron chi connectivity index (χ4n) is 2.39. The molecule has 4 heteroatoms. The minimum absolute atomic E-state index is 0.0872. The molecule has 0 bridgehead atoms. The first kappa shape index (κ1) is 17.2. The fourth-order valence-corrected chi connectivity index (χ4v) is 3.18. The molecule has 3 nitrogen and oxygen atoms in total. The lowest BCUT2D eigenvalue weighted by atomic mass is 10.1. The summed E-state index contributed by atoms with van der Waals surface area (Å²) in [4.78, 5) is 13.0. The summed E-state index contributed by atoms with van der Waals surface area (Å²) in [6.07, 6.45) is 0.990. The number of hydrogen-bond donors (Lipinski definition) is 1. The van der Waals surface area contributed by atoms with E-state index in [1.54, 1.807) is 0 Å². The highest BCUT2D eigenvalue weighted by Crippen LogP contribution is 2.20. The number of amides is 1. The van der Waals surface area contributed by atoms with Gasteiger partial charge in [-0.3, -0.25) is 4.79 Å². The van der Waals surface area contributed by atoms with Crippen LogP contribution in [0.5, 0.6) is 5.75 Å². The van der Waals surface area contributed by atoms with Gasteiger partial charge in [0.15, 0.2) is 0 Å². The van der Waals surface area contributed by atoms with Gasteiger partial charge in [0.25, 0.3) is 5.91 Å². The van der Waals surface area contributed by atoms with E-state index >= 15 is 0 Å². The molecule has 0 atom stereocenters. The number of carbonyl (C=O) groups excluding carboxylic acids is 1. The van der Waals surface area contributed by atoms with Crippen molar-refractivity contribution in [3.8, 4) is 5.75 Å². The number of thiophene rings is 1. The van der Waals surface area contributed by atoms with Gasteiger partial charge in [0.2, 0.25) is 0 Å². The van der Waals surface area contributed by atoms with E-state index in [0.717, 1.165) is 23.4 Å². The Hall–Kier alpha value is -2.59. The lowest BCUT2D eigenvalue weighted by Crippen LogP contribution is -2.10. The van der Waals surface area contributed by atoms with Crippen LogP contribution in [0.15, 0.2) is 60.0 Å². The molecule has 25 heavy (non-hydrogen) atoms. The van der Waals surface area contributed by atoms with Crippen molar-refractivity contribution in [2.45, 2.75) is 26.9 Å². The van der Waals surface area contributed by atoms with Gasteiger partial charge in [-0.15, -0.1) is 11.3 Å². The second-order valence-corrected chi connectivity index (χ2v) is 6.84. The van der Waals surface area contributed by atoms with E-state index in [2.05, 4.69) is 12.2 Å².